The highest BCUT2D eigenvalue weighted by molar-refractivity contribution is 5.39. The molecule has 1 heteroatoms. The van der Waals surface area contributed by atoms with Gasteiger partial charge in [0.2, 0.25) is 0 Å². The molecule has 2 aliphatic rings. The summed E-state index contributed by atoms with van der Waals surface area (Å²) in [6.45, 7) is 2.51. The van der Waals surface area contributed by atoms with Gasteiger partial charge in [-0.1, -0.05) is 30.0 Å². The Balaban J connectivity index is 1.77. The lowest BCUT2D eigenvalue weighted by Crippen LogP contribution is -2.33. The van der Waals surface area contributed by atoms with Gasteiger partial charge in [0, 0.05) is 5.56 Å². The van der Waals surface area contributed by atoms with Crippen molar-refractivity contribution in [2.24, 2.45) is 0 Å². The molecule has 1 aliphatic carbocycles. The molecule has 1 nitrogen and oxygen atoms in total. The molecular formula is C15H17N. The smallest absolute Gasteiger partial charge is 0.0831 e. The van der Waals surface area contributed by atoms with Crippen molar-refractivity contribution in [3.05, 3.63) is 35.9 Å². The van der Waals surface area contributed by atoms with Crippen molar-refractivity contribution in [3.63, 3.8) is 0 Å². The van der Waals surface area contributed by atoms with Crippen molar-refractivity contribution in [2.75, 3.05) is 13.1 Å². The molecule has 1 saturated carbocycles. The summed E-state index contributed by atoms with van der Waals surface area (Å²) in [7, 11) is 0. The van der Waals surface area contributed by atoms with Crippen LogP contribution in [0.5, 0.6) is 0 Å². The first-order valence-corrected chi connectivity index (χ1v) is 6.22. The van der Waals surface area contributed by atoms with Gasteiger partial charge in [0.25, 0.3) is 0 Å². The minimum Gasteiger partial charge on any atom is -0.287 e. The van der Waals surface area contributed by atoms with E-state index in [0.29, 0.717) is 0 Å². The number of hydrogen-bond acceptors (Lipinski definition) is 1. The summed E-state index contributed by atoms with van der Waals surface area (Å²) >= 11 is 0. The van der Waals surface area contributed by atoms with E-state index in [0.717, 1.165) is 5.56 Å². The third-order valence-corrected chi connectivity index (χ3v) is 3.65. The van der Waals surface area contributed by atoms with Crippen molar-refractivity contribution >= 4 is 0 Å². The Morgan fingerprint density at radius 3 is 2.31 bits per heavy atom. The molecule has 1 saturated heterocycles. The third-order valence-electron chi connectivity index (χ3n) is 3.65. The molecule has 0 aromatic heterocycles. The maximum atomic E-state index is 3.50. The van der Waals surface area contributed by atoms with E-state index in [1.54, 1.807) is 0 Å². The number of nitrogens with zero attached hydrogens (tertiary/aromatic N) is 1. The molecule has 16 heavy (non-hydrogen) atoms. The summed E-state index contributed by atoms with van der Waals surface area (Å²) in [6, 6.07) is 10.3. The SMILES string of the molecule is C(#CC1(N2CCCC2)CC1)c1ccccc1. The number of hydrogen-bond donors (Lipinski definition) is 0. The Labute approximate surface area is 97.5 Å². The van der Waals surface area contributed by atoms with Gasteiger partial charge >= 0.3 is 0 Å². The molecule has 1 aromatic rings. The van der Waals surface area contributed by atoms with E-state index in [9.17, 15) is 0 Å². The number of rotatable bonds is 1. The highest BCUT2D eigenvalue weighted by Gasteiger charge is 2.47. The fourth-order valence-corrected chi connectivity index (χ4v) is 2.49. The molecule has 0 radical (unpaired) electrons. The van der Waals surface area contributed by atoms with E-state index >= 15 is 0 Å². The molecule has 3 rings (SSSR count). The lowest BCUT2D eigenvalue weighted by Gasteiger charge is -2.21. The molecule has 0 unspecified atom stereocenters. The molecule has 0 spiro atoms. The fourth-order valence-electron chi connectivity index (χ4n) is 2.49. The number of benzene rings is 1. The van der Waals surface area contributed by atoms with Crippen LogP contribution in [0.1, 0.15) is 31.2 Å². The first-order valence-electron chi connectivity index (χ1n) is 6.22. The lowest BCUT2D eigenvalue weighted by molar-refractivity contribution is 0.275. The van der Waals surface area contributed by atoms with Gasteiger partial charge in [-0.05, 0) is 50.9 Å². The summed E-state index contributed by atoms with van der Waals surface area (Å²) in [5.74, 6) is 6.84. The monoisotopic (exact) mass is 211 g/mol. The van der Waals surface area contributed by atoms with Crippen LogP contribution in [0, 0.1) is 11.8 Å². The predicted molar refractivity (Wildman–Crippen MR) is 66.1 cm³/mol. The summed E-state index contributed by atoms with van der Waals surface area (Å²) < 4.78 is 0. The Kier molecular flexibility index (Phi) is 2.46. The Bertz CT molecular complexity index is 414. The van der Waals surface area contributed by atoms with Crippen molar-refractivity contribution in [2.45, 2.75) is 31.2 Å². The van der Waals surface area contributed by atoms with Gasteiger partial charge in [-0.3, -0.25) is 4.90 Å². The maximum Gasteiger partial charge on any atom is 0.0831 e. The number of likely N-dealkylation sites (tertiary alicyclic amines) is 1. The normalized spacial score (nSPS) is 22.5. The maximum absolute atomic E-state index is 3.50. The van der Waals surface area contributed by atoms with E-state index < -0.39 is 0 Å². The van der Waals surface area contributed by atoms with Crippen molar-refractivity contribution in [1.29, 1.82) is 0 Å². The van der Waals surface area contributed by atoms with Gasteiger partial charge in [-0.15, -0.1) is 0 Å². The van der Waals surface area contributed by atoms with Gasteiger partial charge < -0.3 is 0 Å². The van der Waals surface area contributed by atoms with E-state index in [1.807, 2.05) is 6.07 Å². The molecule has 1 aromatic carbocycles. The third kappa shape index (κ3) is 1.86. The Morgan fingerprint density at radius 2 is 1.69 bits per heavy atom. The van der Waals surface area contributed by atoms with Crippen LogP contribution in [0.25, 0.3) is 0 Å². The average Bonchev–Trinajstić information content (AvgIpc) is 2.92. The molecule has 0 bridgehead atoms. The molecule has 2 fully saturated rings. The standard InChI is InChI=1S/C15H17N/c1-2-6-14(7-3-1)8-9-15(10-11-15)16-12-4-5-13-16/h1-3,6-7H,4-5,10-13H2. The van der Waals surface area contributed by atoms with Crippen molar-refractivity contribution < 1.29 is 0 Å². The van der Waals surface area contributed by atoms with Crippen LogP contribution in [0.3, 0.4) is 0 Å². The highest BCUT2D eigenvalue weighted by atomic mass is 15.2. The first-order chi connectivity index (χ1) is 7.89. The second-order valence-corrected chi connectivity index (χ2v) is 4.84. The second-order valence-electron chi connectivity index (χ2n) is 4.84. The zero-order valence-electron chi connectivity index (χ0n) is 9.58. The van der Waals surface area contributed by atoms with Gasteiger partial charge in [0.1, 0.15) is 0 Å². The minimum absolute atomic E-state index is 0.256. The minimum atomic E-state index is 0.256. The summed E-state index contributed by atoms with van der Waals surface area (Å²) in [6.07, 6.45) is 5.25. The molecule has 0 N–H and O–H groups in total. The average molecular weight is 211 g/mol. The molecule has 1 heterocycles. The van der Waals surface area contributed by atoms with Crippen LogP contribution in [-0.4, -0.2) is 23.5 Å². The summed E-state index contributed by atoms with van der Waals surface area (Å²) in [5, 5.41) is 0. The van der Waals surface area contributed by atoms with Crippen molar-refractivity contribution in [3.8, 4) is 11.8 Å². The van der Waals surface area contributed by atoms with Gasteiger partial charge in [0.15, 0.2) is 0 Å². The van der Waals surface area contributed by atoms with Crippen LogP contribution < -0.4 is 0 Å². The Morgan fingerprint density at radius 1 is 1.00 bits per heavy atom. The van der Waals surface area contributed by atoms with Crippen LogP contribution in [0.4, 0.5) is 0 Å². The highest BCUT2D eigenvalue weighted by Crippen LogP contribution is 2.42. The van der Waals surface area contributed by atoms with Crippen molar-refractivity contribution in [1.82, 2.24) is 4.90 Å². The molecular weight excluding hydrogens is 194 g/mol. The zero-order chi connectivity index (χ0) is 10.8. The fraction of sp³-hybridized carbons (Fsp3) is 0.467. The first kappa shape index (κ1) is 9.93. The van der Waals surface area contributed by atoms with Crippen LogP contribution in [0.15, 0.2) is 30.3 Å². The summed E-state index contributed by atoms with van der Waals surface area (Å²) in [5.41, 5.74) is 1.40. The van der Waals surface area contributed by atoms with Gasteiger partial charge in [0.05, 0.1) is 5.54 Å². The molecule has 0 amide bonds. The van der Waals surface area contributed by atoms with Crippen LogP contribution in [0.2, 0.25) is 0 Å². The summed E-state index contributed by atoms with van der Waals surface area (Å²) in [4.78, 5) is 2.59. The van der Waals surface area contributed by atoms with E-state index in [1.165, 1.54) is 38.8 Å². The largest absolute Gasteiger partial charge is 0.287 e. The Hall–Kier alpha value is -1.26. The molecule has 1 aliphatic heterocycles. The van der Waals surface area contributed by atoms with Crippen LogP contribution >= 0.6 is 0 Å². The topological polar surface area (TPSA) is 3.24 Å². The van der Waals surface area contributed by atoms with Crippen LogP contribution in [-0.2, 0) is 0 Å². The molecule has 82 valence electrons. The quantitative estimate of drug-likeness (QED) is 0.645. The van der Waals surface area contributed by atoms with E-state index in [2.05, 4.69) is 41.0 Å². The lowest BCUT2D eigenvalue weighted by atomic mass is 10.2. The molecule has 0 atom stereocenters. The predicted octanol–water partition coefficient (Wildman–Crippen LogP) is 2.67. The zero-order valence-corrected chi connectivity index (χ0v) is 9.58. The van der Waals surface area contributed by atoms with Gasteiger partial charge in [-0.2, -0.15) is 0 Å². The van der Waals surface area contributed by atoms with E-state index in [-0.39, 0.29) is 5.54 Å². The van der Waals surface area contributed by atoms with Gasteiger partial charge in [-0.25, -0.2) is 0 Å². The second kappa shape index (κ2) is 3.96. The van der Waals surface area contributed by atoms with E-state index in [4.69, 9.17) is 0 Å².